The average molecular weight is 372 g/mol. The van der Waals surface area contributed by atoms with Crippen LogP contribution in [0, 0.1) is 6.92 Å². The highest BCUT2D eigenvalue weighted by atomic mass is 79.9. The van der Waals surface area contributed by atoms with Gasteiger partial charge in [-0.25, -0.2) is 4.79 Å². The molecule has 0 aliphatic carbocycles. The maximum absolute atomic E-state index is 12.4. The highest BCUT2D eigenvalue weighted by Gasteiger charge is 2.22. The van der Waals surface area contributed by atoms with E-state index in [-0.39, 0.29) is 6.61 Å². The van der Waals surface area contributed by atoms with E-state index in [1.807, 2.05) is 54.6 Å². The Hall–Kier alpha value is -2.40. The van der Waals surface area contributed by atoms with Crippen molar-refractivity contribution >= 4 is 21.9 Å². The predicted molar refractivity (Wildman–Crippen MR) is 89.9 cm³/mol. The van der Waals surface area contributed by atoms with Crippen molar-refractivity contribution in [1.29, 1.82) is 0 Å². The zero-order valence-corrected chi connectivity index (χ0v) is 14.0. The predicted octanol–water partition coefficient (Wildman–Crippen LogP) is 4.77. The molecule has 1 heterocycles. The Balaban J connectivity index is 1.81. The minimum atomic E-state index is -0.442. The lowest BCUT2D eigenvalue weighted by Crippen LogP contribution is -2.07. The van der Waals surface area contributed by atoms with E-state index in [2.05, 4.69) is 21.1 Å². The molecule has 0 amide bonds. The summed E-state index contributed by atoms with van der Waals surface area (Å²) in [6.45, 7) is 1.90. The van der Waals surface area contributed by atoms with Crippen LogP contribution in [-0.4, -0.2) is 11.1 Å². The molecule has 1 aromatic heterocycles. The summed E-state index contributed by atoms with van der Waals surface area (Å²) in [6.07, 6.45) is 0. The molecule has 4 nitrogen and oxygen atoms in total. The molecular formula is C18H14BrNO3. The van der Waals surface area contributed by atoms with Gasteiger partial charge in [-0.3, -0.25) is 0 Å². The third kappa shape index (κ3) is 3.51. The molecule has 0 aliphatic rings. The summed E-state index contributed by atoms with van der Waals surface area (Å²) in [5.41, 5.74) is 2.59. The smallest absolute Gasteiger partial charge is 0.344 e. The third-order valence-electron chi connectivity index (χ3n) is 3.37. The van der Waals surface area contributed by atoms with E-state index < -0.39 is 5.97 Å². The van der Waals surface area contributed by atoms with Crippen molar-refractivity contribution in [1.82, 2.24) is 5.16 Å². The first-order chi connectivity index (χ1) is 11.1. The number of hydrogen-bond acceptors (Lipinski definition) is 4. The summed E-state index contributed by atoms with van der Waals surface area (Å²) in [5, 5.41) is 3.99. The van der Waals surface area contributed by atoms with Gasteiger partial charge in [-0.1, -0.05) is 63.6 Å². The molecule has 23 heavy (non-hydrogen) atoms. The summed E-state index contributed by atoms with van der Waals surface area (Å²) in [7, 11) is 0. The lowest BCUT2D eigenvalue weighted by atomic mass is 10.1. The van der Waals surface area contributed by atoms with Gasteiger partial charge in [-0.05, 0) is 24.6 Å². The molecule has 0 spiro atoms. The lowest BCUT2D eigenvalue weighted by Gasteiger charge is -2.06. The van der Waals surface area contributed by atoms with E-state index >= 15 is 0 Å². The molecule has 0 radical (unpaired) electrons. The van der Waals surface area contributed by atoms with Crippen LogP contribution in [0.25, 0.3) is 11.3 Å². The van der Waals surface area contributed by atoms with Crippen LogP contribution in [0.4, 0.5) is 0 Å². The Bertz CT molecular complexity index is 827. The second kappa shape index (κ2) is 6.79. The molecule has 0 fully saturated rings. The number of aryl methyl sites for hydroxylation is 1. The second-order valence-electron chi connectivity index (χ2n) is 5.03. The van der Waals surface area contributed by atoms with Gasteiger partial charge < -0.3 is 9.26 Å². The van der Waals surface area contributed by atoms with Crippen LogP contribution in [0.5, 0.6) is 0 Å². The number of rotatable bonds is 4. The fraction of sp³-hybridized carbons (Fsp3) is 0.111. The first-order valence-electron chi connectivity index (χ1n) is 7.08. The highest BCUT2D eigenvalue weighted by Crippen LogP contribution is 2.26. The Kier molecular flexibility index (Phi) is 4.57. The van der Waals surface area contributed by atoms with Crippen LogP contribution in [0.15, 0.2) is 63.6 Å². The Morgan fingerprint density at radius 3 is 2.70 bits per heavy atom. The number of aromatic nitrogens is 1. The molecule has 0 atom stereocenters. The molecule has 0 saturated heterocycles. The molecule has 0 saturated carbocycles. The number of carbonyl (C=O) groups excluding carboxylic acids is 1. The number of halogens is 1. The molecule has 0 N–H and O–H groups in total. The van der Waals surface area contributed by atoms with E-state index in [4.69, 9.17) is 9.26 Å². The molecular weight excluding hydrogens is 358 g/mol. The Morgan fingerprint density at radius 1 is 1.17 bits per heavy atom. The van der Waals surface area contributed by atoms with E-state index in [9.17, 15) is 4.79 Å². The molecule has 116 valence electrons. The van der Waals surface area contributed by atoms with Crippen LogP contribution in [0.1, 0.15) is 21.7 Å². The molecule has 5 heteroatoms. The van der Waals surface area contributed by atoms with Crippen LogP contribution in [0.3, 0.4) is 0 Å². The van der Waals surface area contributed by atoms with Crippen molar-refractivity contribution in [2.75, 3.05) is 0 Å². The van der Waals surface area contributed by atoms with Gasteiger partial charge in [0.2, 0.25) is 0 Å². The summed E-state index contributed by atoms with van der Waals surface area (Å²) >= 11 is 3.40. The number of nitrogens with zero attached hydrogens (tertiary/aromatic N) is 1. The number of benzene rings is 2. The first-order valence-corrected chi connectivity index (χ1v) is 7.87. The van der Waals surface area contributed by atoms with Gasteiger partial charge in [0, 0.05) is 10.0 Å². The number of hydrogen-bond donors (Lipinski definition) is 0. The van der Waals surface area contributed by atoms with E-state index in [1.165, 1.54) is 0 Å². The van der Waals surface area contributed by atoms with Crippen LogP contribution in [0.2, 0.25) is 0 Å². The van der Waals surface area contributed by atoms with Gasteiger partial charge in [0.05, 0.1) is 0 Å². The number of esters is 1. The Morgan fingerprint density at radius 2 is 1.96 bits per heavy atom. The number of carbonyl (C=O) groups is 1. The lowest BCUT2D eigenvalue weighted by molar-refractivity contribution is 0.0471. The van der Waals surface area contributed by atoms with Gasteiger partial charge in [0.15, 0.2) is 0 Å². The highest BCUT2D eigenvalue weighted by molar-refractivity contribution is 9.10. The van der Waals surface area contributed by atoms with Gasteiger partial charge in [-0.15, -0.1) is 0 Å². The van der Waals surface area contributed by atoms with Crippen molar-refractivity contribution in [2.24, 2.45) is 0 Å². The zero-order chi connectivity index (χ0) is 16.2. The van der Waals surface area contributed by atoms with Crippen LogP contribution >= 0.6 is 15.9 Å². The van der Waals surface area contributed by atoms with Gasteiger partial charge in [-0.2, -0.15) is 0 Å². The molecule has 0 bridgehead atoms. The summed E-state index contributed by atoms with van der Waals surface area (Å²) in [4.78, 5) is 12.4. The minimum Gasteiger partial charge on any atom is -0.457 e. The van der Waals surface area contributed by atoms with Gasteiger partial charge in [0.25, 0.3) is 0 Å². The largest absolute Gasteiger partial charge is 0.457 e. The number of ether oxygens (including phenoxy) is 1. The molecule has 0 aliphatic heterocycles. The summed E-state index contributed by atoms with van der Waals surface area (Å²) < 4.78 is 11.5. The third-order valence-corrected chi connectivity index (χ3v) is 3.87. The van der Waals surface area contributed by atoms with Crippen molar-refractivity contribution in [3.05, 3.63) is 76.0 Å². The van der Waals surface area contributed by atoms with Crippen molar-refractivity contribution in [2.45, 2.75) is 13.5 Å². The average Bonchev–Trinajstić information content (AvgIpc) is 2.95. The fourth-order valence-electron chi connectivity index (χ4n) is 2.25. The standard InChI is InChI=1S/C18H14BrNO3/c1-12-16(17(20-23-12)14-7-3-2-4-8-14)18(21)22-11-13-6-5-9-15(19)10-13/h2-10H,11H2,1H3. The molecule has 2 aromatic carbocycles. The molecule has 3 rings (SSSR count). The second-order valence-corrected chi connectivity index (χ2v) is 5.95. The molecule has 3 aromatic rings. The Labute approximate surface area is 142 Å². The normalized spacial score (nSPS) is 10.5. The quantitative estimate of drug-likeness (QED) is 0.619. The maximum atomic E-state index is 12.4. The minimum absolute atomic E-state index is 0.192. The zero-order valence-electron chi connectivity index (χ0n) is 12.5. The molecule has 0 unspecified atom stereocenters. The van der Waals surface area contributed by atoms with Crippen LogP contribution in [-0.2, 0) is 11.3 Å². The van der Waals surface area contributed by atoms with E-state index in [0.29, 0.717) is 17.0 Å². The van der Waals surface area contributed by atoms with Gasteiger partial charge in [0.1, 0.15) is 23.6 Å². The van der Waals surface area contributed by atoms with E-state index in [1.54, 1.807) is 6.92 Å². The monoisotopic (exact) mass is 371 g/mol. The summed E-state index contributed by atoms with van der Waals surface area (Å²) in [5.74, 6) is 0.00525. The SMILES string of the molecule is Cc1onc(-c2ccccc2)c1C(=O)OCc1cccc(Br)c1. The summed E-state index contributed by atoms with van der Waals surface area (Å²) in [6, 6.07) is 17.1. The van der Waals surface area contributed by atoms with E-state index in [0.717, 1.165) is 15.6 Å². The first kappa shape index (κ1) is 15.5. The van der Waals surface area contributed by atoms with Crippen LogP contribution < -0.4 is 0 Å². The van der Waals surface area contributed by atoms with Crippen molar-refractivity contribution in [3.8, 4) is 11.3 Å². The fourth-order valence-corrected chi connectivity index (χ4v) is 2.70. The van der Waals surface area contributed by atoms with Crippen molar-refractivity contribution < 1.29 is 14.1 Å². The topological polar surface area (TPSA) is 52.3 Å². The van der Waals surface area contributed by atoms with Gasteiger partial charge >= 0.3 is 5.97 Å². The van der Waals surface area contributed by atoms with Crippen molar-refractivity contribution in [3.63, 3.8) is 0 Å². The maximum Gasteiger partial charge on any atom is 0.344 e.